The predicted molar refractivity (Wildman–Crippen MR) is 106 cm³/mol. The average Bonchev–Trinajstić information content (AvgIpc) is 3.31. The molecule has 0 unspecified atom stereocenters. The second-order valence-electron chi connectivity index (χ2n) is 6.02. The van der Waals surface area contributed by atoms with Gasteiger partial charge >= 0.3 is 0 Å². The third-order valence-corrected chi connectivity index (χ3v) is 7.31. The summed E-state index contributed by atoms with van der Waals surface area (Å²) in [5.41, 5.74) is 2.70. The highest BCUT2D eigenvalue weighted by molar-refractivity contribution is 8.02. The molecule has 4 rings (SSSR count). The van der Waals surface area contributed by atoms with Gasteiger partial charge in [-0.25, -0.2) is 4.90 Å². The standard InChI is InChI=1S/C18H15N3O2S3/c1-10-5-6-12(11(2)8-10)21-15(22)9-14(17(21)23)25-18-20-19-16(26-18)13-4-3-7-24-13/h3-8,14H,9H2,1-2H3/t14-/m0/s1. The molecule has 3 aromatic rings. The van der Waals surface area contributed by atoms with Crippen molar-refractivity contribution in [1.82, 2.24) is 10.2 Å². The van der Waals surface area contributed by atoms with Gasteiger partial charge in [0.25, 0.3) is 0 Å². The Morgan fingerprint density at radius 1 is 1.19 bits per heavy atom. The molecule has 1 aliphatic rings. The zero-order chi connectivity index (χ0) is 18.3. The van der Waals surface area contributed by atoms with E-state index < -0.39 is 5.25 Å². The van der Waals surface area contributed by atoms with Gasteiger partial charge in [0.2, 0.25) is 11.8 Å². The highest BCUT2D eigenvalue weighted by Gasteiger charge is 2.41. The van der Waals surface area contributed by atoms with Crippen molar-refractivity contribution in [2.75, 3.05) is 4.90 Å². The number of carbonyl (C=O) groups excluding carboxylic acids is 2. The predicted octanol–water partition coefficient (Wildman–Crippen LogP) is 4.31. The van der Waals surface area contributed by atoms with Crippen LogP contribution in [0.5, 0.6) is 0 Å². The van der Waals surface area contributed by atoms with Crippen LogP contribution in [0.15, 0.2) is 40.1 Å². The fourth-order valence-corrected chi connectivity index (χ4v) is 5.79. The van der Waals surface area contributed by atoms with Gasteiger partial charge < -0.3 is 0 Å². The smallest absolute Gasteiger partial charge is 0.247 e. The van der Waals surface area contributed by atoms with Gasteiger partial charge in [0.15, 0.2) is 9.35 Å². The third kappa shape index (κ3) is 3.20. The molecular weight excluding hydrogens is 386 g/mol. The Hall–Kier alpha value is -2.03. The Kier molecular flexibility index (Phi) is 4.64. The van der Waals surface area contributed by atoms with E-state index in [2.05, 4.69) is 10.2 Å². The number of aryl methyl sites for hydroxylation is 2. The van der Waals surface area contributed by atoms with Crippen LogP contribution in [0.1, 0.15) is 17.5 Å². The van der Waals surface area contributed by atoms with Crippen LogP contribution in [0.25, 0.3) is 9.88 Å². The average molecular weight is 402 g/mol. The number of anilines is 1. The van der Waals surface area contributed by atoms with Gasteiger partial charge in [0, 0.05) is 6.42 Å². The number of imide groups is 1. The molecule has 3 heterocycles. The number of hydrogen-bond donors (Lipinski definition) is 0. The molecule has 1 atom stereocenters. The first-order chi connectivity index (χ1) is 12.5. The number of thioether (sulfide) groups is 1. The van der Waals surface area contributed by atoms with Crippen LogP contribution in [0.4, 0.5) is 5.69 Å². The number of rotatable bonds is 4. The molecule has 8 heteroatoms. The molecule has 1 saturated heterocycles. The number of thiophene rings is 1. The summed E-state index contributed by atoms with van der Waals surface area (Å²) in [6.45, 7) is 3.91. The fraction of sp³-hybridized carbons (Fsp3) is 0.222. The number of aromatic nitrogens is 2. The van der Waals surface area contributed by atoms with E-state index in [1.807, 2.05) is 49.6 Å². The summed E-state index contributed by atoms with van der Waals surface area (Å²) in [6.07, 6.45) is 0.185. The van der Waals surface area contributed by atoms with Gasteiger partial charge in [-0.1, -0.05) is 46.9 Å². The number of carbonyl (C=O) groups is 2. The molecular formula is C18H15N3O2S3. The highest BCUT2D eigenvalue weighted by Crippen LogP contribution is 2.38. The zero-order valence-electron chi connectivity index (χ0n) is 14.1. The maximum atomic E-state index is 12.8. The van der Waals surface area contributed by atoms with Gasteiger partial charge in [-0.2, -0.15) is 0 Å². The molecule has 132 valence electrons. The summed E-state index contributed by atoms with van der Waals surface area (Å²) >= 11 is 4.38. The van der Waals surface area contributed by atoms with E-state index in [0.717, 1.165) is 21.0 Å². The van der Waals surface area contributed by atoms with E-state index in [9.17, 15) is 9.59 Å². The lowest BCUT2D eigenvalue weighted by molar-refractivity contribution is -0.121. The Balaban J connectivity index is 1.54. The topological polar surface area (TPSA) is 63.2 Å². The normalized spacial score (nSPS) is 17.3. The number of nitrogens with zero attached hydrogens (tertiary/aromatic N) is 3. The van der Waals surface area contributed by atoms with Gasteiger partial charge in [0.05, 0.1) is 10.6 Å². The van der Waals surface area contributed by atoms with Crippen LogP contribution < -0.4 is 4.90 Å². The van der Waals surface area contributed by atoms with Crippen LogP contribution in [-0.2, 0) is 9.59 Å². The van der Waals surface area contributed by atoms with E-state index in [-0.39, 0.29) is 18.2 Å². The third-order valence-electron chi connectivity index (χ3n) is 4.08. The molecule has 26 heavy (non-hydrogen) atoms. The molecule has 2 amide bonds. The quantitative estimate of drug-likeness (QED) is 0.610. The number of benzene rings is 1. The van der Waals surface area contributed by atoms with Crippen LogP contribution in [-0.4, -0.2) is 27.3 Å². The summed E-state index contributed by atoms with van der Waals surface area (Å²) in [5.74, 6) is -0.345. The van der Waals surface area contributed by atoms with Crippen LogP contribution in [0, 0.1) is 13.8 Å². The molecule has 0 N–H and O–H groups in total. The molecule has 1 fully saturated rings. The Morgan fingerprint density at radius 2 is 2.04 bits per heavy atom. The minimum atomic E-state index is -0.452. The summed E-state index contributed by atoms with van der Waals surface area (Å²) in [7, 11) is 0. The van der Waals surface area contributed by atoms with E-state index in [4.69, 9.17) is 0 Å². The van der Waals surface area contributed by atoms with E-state index in [1.54, 1.807) is 11.3 Å². The van der Waals surface area contributed by atoms with Crippen molar-refractivity contribution in [3.05, 3.63) is 46.8 Å². The molecule has 5 nitrogen and oxygen atoms in total. The summed E-state index contributed by atoms with van der Waals surface area (Å²) in [4.78, 5) is 27.7. The largest absolute Gasteiger partial charge is 0.274 e. The van der Waals surface area contributed by atoms with E-state index in [0.29, 0.717) is 10.0 Å². The summed E-state index contributed by atoms with van der Waals surface area (Å²) in [6, 6.07) is 9.70. The lowest BCUT2D eigenvalue weighted by Crippen LogP contribution is -2.31. The molecule has 1 aromatic carbocycles. The van der Waals surface area contributed by atoms with Crippen molar-refractivity contribution in [3.8, 4) is 9.88 Å². The fourth-order valence-electron chi connectivity index (χ4n) is 2.88. The SMILES string of the molecule is Cc1ccc(N2C(=O)C[C@H](Sc3nnc(-c4cccs4)s3)C2=O)c(C)c1. The van der Waals surface area contributed by atoms with Crippen molar-refractivity contribution in [3.63, 3.8) is 0 Å². The van der Waals surface area contributed by atoms with E-state index >= 15 is 0 Å². The molecule has 0 bridgehead atoms. The summed E-state index contributed by atoms with van der Waals surface area (Å²) < 4.78 is 0.710. The molecule has 2 aromatic heterocycles. The zero-order valence-corrected chi connectivity index (χ0v) is 16.6. The first-order valence-electron chi connectivity index (χ1n) is 8.01. The van der Waals surface area contributed by atoms with Gasteiger partial charge in [-0.05, 0) is 36.9 Å². The molecule has 0 spiro atoms. The Bertz CT molecular complexity index is 981. The van der Waals surface area contributed by atoms with Crippen LogP contribution in [0.3, 0.4) is 0 Å². The number of amides is 2. The van der Waals surface area contributed by atoms with Crippen molar-refractivity contribution in [2.24, 2.45) is 0 Å². The lowest BCUT2D eigenvalue weighted by Gasteiger charge is -2.17. The van der Waals surface area contributed by atoms with Gasteiger partial charge in [0.1, 0.15) is 5.25 Å². The Labute approximate surface area is 163 Å². The van der Waals surface area contributed by atoms with Crippen molar-refractivity contribution >= 4 is 51.9 Å². The molecule has 0 radical (unpaired) electrons. The number of hydrogen-bond acceptors (Lipinski definition) is 7. The second-order valence-corrected chi connectivity index (χ2v) is 9.39. The van der Waals surface area contributed by atoms with E-state index in [1.165, 1.54) is 28.0 Å². The maximum Gasteiger partial charge on any atom is 0.247 e. The summed E-state index contributed by atoms with van der Waals surface area (Å²) in [5, 5.41) is 10.7. The Morgan fingerprint density at radius 3 is 2.77 bits per heavy atom. The monoisotopic (exact) mass is 401 g/mol. The minimum absolute atomic E-state index is 0.164. The minimum Gasteiger partial charge on any atom is -0.274 e. The first kappa shape index (κ1) is 17.4. The van der Waals surface area contributed by atoms with Gasteiger partial charge in [-0.15, -0.1) is 21.5 Å². The highest BCUT2D eigenvalue weighted by atomic mass is 32.2. The van der Waals surface area contributed by atoms with Crippen molar-refractivity contribution in [1.29, 1.82) is 0 Å². The van der Waals surface area contributed by atoms with Crippen molar-refractivity contribution < 1.29 is 9.59 Å². The molecule has 0 saturated carbocycles. The van der Waals surface area contributed by atoms with Gasteiger partial charge in [-0.3, -0.25) is 9.59 Å². The van der Waals surface area contributed by atoms with Crippen molar-refractivity contribution in [2.45, 2.75) is 29.9 Å². The molecule has 1 aliphatic heterocycles. The first-order valence-corrected chi connectivity index (χ1v) is 10.6. The van der Waals surface area contributed by atoms with Crippen LogP contribution >= 0.6 is 34.4 Å². The second kappa shape index (κ2) is 6.94. The molecule has 0 aliphatic carbocycles. The van der Waals surface area contributed by atoms with Crippen LogP contribution in [0.2, 0.25) is 0 Å². The maximum absolute atomic E-state index is 12.8. The lowest BCUT2D eigenvalue weighted by atomic mass is 10.1.